The maximum absolute atomic E-state index is 12.5. The number of hydrogen-bond donors (Lipinski definition) is 2. The summed E-state index contributed by atoms with van der Waals surface area (Å²) >= 11 is 0. The van der Waals surface area contributed by atoms with Crippen LogP contribution in [0.3, 0.4) is 0 Å². The number of carbonyl (C=O) groups excluding carboxylic acids is 1. The first kappa shape index (κ1) is 17.8. The zero-order chi connectivity index (χ0) is 20.2. The van der Waals surface area contributed by atoms with E-state index in [0.717, 1.165) is 30.2 Å². The van der Waals surface area contributed by atoms with Crippen molar-refractivity contribution in [1.82, 2.24) is 14.8 Å². The summed E-state index contributed by atoms with van der Waals surface area (Å²) in [4.78, 5) is 16.7. The number of nitrogens with zero attached hydrogens (tertiary/aromatic N) is 4. The highest BCUT2D eigenvalue weighted by atomic mass is 16.3. The predicted octanol–water partition coefficient (Wildman–Crippen LogP) is 3.44. The molecule has 0 saturated heterocycles. The van der Waals surface area contributed by atoms with Gasteiger partial charge in [-0.15, -0.1) is 0 Å². The minimum absolute atomic E-state index is 0.238. The summed E-state index contributed by atoms with van der Waals surface area (Å²) in [5.74, 6) is -0.0792. The van der Waals surface area contributed by atoms with Gasteiger partial charge in [0.1, 0.15) is 11.5 Å². The average Bonchev–Trinajstić information content (AvgIpc) is 3.21. The first-order valence-corrected chi connectivity index (χ1v) is 9.93. The van der Waals surface area contributed by atoms with Crippen molar-refractivity contribution in [3.05, 3.63) is 42.1 Å². The molecular weight excluding hydrogens is 366 g/mol. The molecule has 2 aromatic heterocycles. The van der Waals surface area contributed by atoms with E-state index in [4.69, 9.17) is 5.10 Å². The van der Waals surface area contributed by atoms with Crippen molar-refractivity contribution >= 4 is 22.6 Å². The van der Waals surface area contributed by atoms with E-state index in [1.807, 2.05) is 28.9 Å². The molecule has 0 unspecified atom stereocenters. The second kappa shape index (κ2) is 6.13. The molecule has 2 aliphatic rings. The highest BCUT2D eigenvalue weighted by Crippen LogP contribution is 2.47. The van der Waals surface area contributed by atoms with Crippen molar-refractivity contribution in [2.24, 2.45) is 0 Å². The SMILES string of the molecule is CC[C@]1(O)C(=O)Nc2nccc(-c3nn(C4(CC#N)CCC4)c4ccccc34)c21. The van der Waals surface area contributed by atoms with Crippen molar-refractivity contribution in [1.29, 1.82) is 5.26 Å². The number of pyridine rings is 1. The smallest absolute Gasteiger partial charge is 0.262 e. The van der Waals surface area contributed by atoms with E-state index in [0.29, 0.717) is 29.1 Å². The molecule has 5 rings (SSSR count). The minimum Gasteiger partial charge on any atom is -0.375 e. The van der Waals surface area contributed by atoms with E-state index in [1.54, 1.807) is 19.2 Å². The van der Waals surface area contributed by atoms with Gasteiger partial charge in [0, 0.05) is 22.7 Å². The molecule has 7 heteroatoms. The van der Waals surface area contributed by atoms with Gasteiger partial charge in [-0.05, 0) is 37.8 Å². The van der Waals surface area contributed by atoms with Gasteiger partial charge in [0.05, 0.1) is 23.5 Å². The van der Waals surface area contributed by atoms with E-state index in [9.17, 15) is 15.2 Å². The number of aliphatic hydroxyl groups is 1. The summed E-state index contributed by atoms with van der Waals surface area (Å²) in [7, 11) is 0. The lowest BCUT2D eigenvalue weighted by atomic mass is 9.74. The molecule has 29 heavy (non-hydrogen) atoms. The Hall–Kier alpha value is -3.24. The van der Waals surface area contributed by atoms with E-state index in [1.165, 1.54) is 0 Å². The van der Waals surface area contributed by atoms with E-state index in [2.05, 4.69) is 16.4 Å². The van der Waals surface area contributed by atoms with Gasteiger partial charge in [0.15, 0.2) is 5.60 Å². The molecule has 1 aromatic carbocycles. The molecule has 0 spiro atoms. The van der Waals surface area contributed by atoms with Crippen LogP contribution in [0.5, 0.6) is 0 Å². The topological polar surface area (TPSA) is 104 Å². The molecule has 146 valence electrons. The van der Waals surface area contributed by atoms with Gasteiger partial charge in [-0.1, -0.05) is 25.1 Å². The number of hydrogen-bond acceptors (Lipinski definition) is 5. The number of para-hydroxylation sites is 1. The number of benzene rings is 1. The summed E-state index contributed by atoms with van der Waals surface area (Å²) in [6.45, 7) is 1.78. The largest absolute Gasteiger partial charge is 0.375 e. The van der Waals surface area contributed by atoms with Crippen molar-refractivity contribution in [3.63, 3.8) is 0 Å². The molecule has 2 N–H and O–H groups in total. The fourth-order valence-electron chi connectivity index (χ4n) is 4.66. The maximum Gasteiger partial charge on any atom is 0.262 e. The number of fused-ring (bicyclic) bond motifs is 2. The molecule has 1 saturated carbocycles. The Labute approximate surface area is 168 Å². The van der Waals surface area contributed by atoms with E-state index >= 15 is 0 Å². The van der Waals surface area contributed by atoms with Crippen LogP contribution in [0.1, 0.15) is 44.6 Å². The van der Waals surface area contributed by atoms with Crippen LogP contribution in [-0.2, 0) is 15.9 Å². The average molecular weight is 387 g/mol. The van der Waals surface area contributed by atoms with Gasteiger partial charge >= 0.3 is 0 Å². The quantitative estimate of drug-likeness (QED) is 0.714. The summed E-state index contributed by atoms with van der Waals surface area (Å²) in [5.41, 5.74) is 0.903. The highest BCUT2D eigenvalue weighted by Gasteiger charge is 2.47. The fraction of sp³-hybridized carbons (Fsp3) is 0.364. The van der Waals surface area contributed by atoms with Crippen LogP contribution >= 0.6 is 0 Å². The number of aromatic nitrogens is 3. The lowest BCUT2D eigenvalue weighted by Gasteiger charge is -2.40. The minimum atomic E-state index is -1.63. The van der Waals surface area contributed by atoms with Crippen LogP contribution in [0.25, 0.3) is 22.2 Å². The molecule has 3 aromatic rings. The molecule has 1 aliphatic heterocycles. The predicted molar refractivity (Wildman–Crippen MR) is 108 cm³/mol. The molecule has 1 amide bonds. The Balaban J connectivity index is 1.79. The Morgan fingerprint density at radius 1 is 1.31 bits per heavy atom. The molecule has 1 aliphatic carbocycles. The van der Waals surface area contributed by atoms with Crippen LogP contribution in [-0.4, -0.2) is 25.8 Å². The Kier molecular flexibility index (Phi) is 3.77. The number of amides is 1. The third-order valence-electron chi connectivity index (χ3n) is 6.47. The number of anilines is 1. The Bertz CT molecular complexity index is 1190. The van der Waals surface area contributed by atoms with Crippen molar-refractivity contribution in [3.8, 4) is 17.3 Å². The molecule has 0 bridgehead atoms. The maximum atomic E-state index is 12.5. The van der Waals surface area contributed by atoms with Gasteiger partial charge in [0.2, 0.25) is 0 Å². The van der Waals surface area contributed by atoms with Gasteiger partial charge in [-0.25, -0.2) is 4.98 Å². The second-order valence-electron chi connectivity index (χ2n) is 7.94. The molecule has 1 atom stereocenters. The molecule has 3 heterocycles. The molecule has 7 nitrogen and oxygen atoms in total. The zero-order valence-corrected chi connectivity index (χ0v) is 16.1. The molecular formula is C22H21N5O2. The number of nitriles is 1. The van der Waals surface area contributed by atoms with Crippen LogP contribution in [0, 0.1) is 11.3 Å². The third-order valence-corrected chi connectivity index (χ3v) is 6.47. The summed E-state index contributed by atoms with van der Waals surface area (Å²) in [5, 5.41) is 29.1. The number of rotatable bonds is 4. The first-order valence-electron chi connectivity index (χ1n) is 9.93. The molecule has 0 radical (unpaired) electrons. The summed E-state index contributed by atoms with van der Waals surface area (Å²) in [6, 6.07) is 12.1. The lowest BCUT2D eigenvalue weighted by molar-refractivity contribution is -0.133. The monoisotopic (exact) mass is 387 g/mol. The van der Waals surface area contributed by atoms with Crippen LogP contribution in [0.15, 0.2) is 36.5 Å². The second-order valence-corrected chi connectivity index (χ2v) is 7.94. The highest BCUT2D eigenvalue weighted by molar-refractivity contribution is 6.07. The molecule has 1 fully saturated rings. The van der Waals surface area contributed by atoms with Crippen molar-refractivity contribution in [2.75, 3.05) is 5.32 Å². The zero-order valence-electron chi connectivity index (χ0n) is 16.1. The van der Waals surface area contributed by atoms with Gasteiger partial charge in [0.25, 0.3) is 5.91 Å². The van der Waals surface area contributed by atoms with Gasteiger partial charge < -0.3 is 10.4 Å². The Morgan fingerprint density at radius 3 is 2.79 bits per heavy atom. The lowest BCUT2D eigenvalue weighted by Crippen LogP contribution is -2.41. The standard InChI is InChI=1S/C22H21N5O2/c1-2-22(29)17-15(8-13-24-19(17)25-20(22)28)18-14-6-3-4-7-16(14)27(26-18)21(11-12-23)9-5-10-21/h3-4,6-8,13,29H,2,5,9-11H2,1H3,(H,24,25,28)/t22-/m1/s1. The normalized spacial score (nSPS) is 22.0. The van der Waals surface area contributed by atoms with Crippen molar-refractivity contribution in [2.45, 2.75) is 50.2 Å². The summed E-state index contributed by atoms with van der Waals surface area (Å²) in [6.07, 6.45) is 5.17. The first-order chi connectivity index (χ1) is 14.0. The number of carbonyl (C=O) groups is 1. The van der Waals surface area contributed by atoms with Crippen LogP contribution < -0.4 is 5.32 Å². The summed E-state index contributed by atoms with van der Waals surface area (Å²) < 4.78 is 1.99. The van der Waals surface area contributed by atoms with Gasteiger partial charge in [-0.3, -0.25) is 9.48 Å². The third kappa shape index (κ3) is 2.29. The van der Waals surface area contributed by atoms with Crippen LogP contribution in [0.2, 0.25) is 0 Å². The van der Waals surface area contributed by atoms with Crippen molar-refractivity contribution < 1.29 is 9.90 Å². The fourth-order valence-corrected chi connectivity index (χ4v) is 4.66. The Morgan fingerprint density at radius 2 is 2.10 bits per heavy atom. The van der Waals surface area contributed by atoms with E-state index < -0.39 is 11.5 Å². The van der Waals surface area contributed by atoms with Gasteiger partial charge in [-0.2, -0.15) is 10.4 Å². The van der Waals surface area contributed by atoms with Crippen LogP contribution in [0.4, 0.5) is 5.82 Å². The van der Waals surface area contributed by atoms with E-state index in [-0.39, 0.29) is 12.0 Å². The number of nitrogens with one attached hydrogen (secondary N) is 1.